The van der Waals surface area contributed by atoms with Crippen molar-refractivity contribution in [1.82, 2.24) is 0 Å². The molecule has 0 aromatic heterocycles. The lowest BCUT2D eigenvalue weighted by molar-refractivity contribution is -0.727. The van der Waals surface area contributed by atoms with E-state index in [2.05, 4.69) is 4.84 Å². The van der Waals surface area contributed by atoms with Gasteiger partial charge in [-0.1, -0.05) is 18.2 Å². The van der Waals surface area contributed by atoms with Gasteiger partial charge in [0.2, 0.25) is 0 Å². The summed E-state index contributed by atoms with van der Waals surface area (Å²) in [6.45, 7) is 0. The molecule has 1 aromatic rings. The minimum absolute atomic E-state index is 0. The zero-order chi connectivity index (χ0) is 8.97. The van der Waals surface area contributed by atoms with Gasteiger partial charge in [0.15, 0.2) is 0 Å². The lowest BCUT2D eigenvalue weighted by atomic mass is 10.2. The highest BCUT2D eigenvalue weighted by molar-refractivity contribution is 7.59. The van der Waals surface area contributed by atoms with Crippen LogP contribution in [0, 0.1) is 10.1 Å². The maximum atomic E-state index is 10.8. The first-order valence-electron chi connectivity index (χ1n) is 3.12. The summed E-state index contributed by atoms with van der Waals surface area (Å²) in [5.41, 5.74) is 0.161. The average molecular weight is 201 g/mol. The first kappa shape index (κ1) is 11.4. The summed E-state index contributed by atoms with van der Waals surface area (Å²) < 4.78 is 0. The van der Waals surface area contributed by atoms with E-state index in [1.807, 2.05) is 0 Å². The summed E-state index contributed by atoms with van der Waals surface area (Å²) in [6.07, 6.45) is 0. The molecular formula is C7H7NO4S. The Balaban J connectivity index is 0.00000144. The number of hydrogen-bond donors (Lipinski definition) is 0. The van der Waals surface area contributed by atoms with Crippen LogP contribution in [0.4, 0.5) is 0 Å². The number of nitrogens with zero attached hydrogens (tertiary/aromatic N) is 1. The van der Waals surface area contributed by atoms with Crippen molar-refractivity contribution in [2.75, 3.05) is 0 Å². The van der Waals surface area contributed by atoms with E-state index in [0.29, 0.717) is 0 Å². The molecule has 0 atom stereocenters. The third kappa shape index (κ3) is 3.57. The van der Waals surface area contributed by atoms with Crippen molar-refractivity contribution in [2.24, 2.45) is 0 Å². The predicted molar refractivity (Wildman–Crippen MR) is 49.2 cm³/mol. The Morgan fingerprint density at radius 3 is 2.31 bits per heavy atom. The standard InChI is InChI=1S/C7H5NO4.H2S/c9-7(12-8(10)11)6-4-2-1-3-5-6;/h1-5H;1H2. The Morgan fingerprint density at radius 1 is 1.31 bits per heavy atom. The third-order valence-corrected chi connectivity index (χ3v) is 1.17. The van der Waals surface area contributed by atoms with E-state index < -0.39 is 11.1 Å². The summed E-state index contributed by atoms with van der Waals surface area (Å²) >= 11 is 0. The zero-order valence-corrected chi connectivity index (χ0v) is 7.47. The second-order valence-electron chi connectivity index (χ2n) is 1.97. The molecule has 6 heteroatoms. The molecule has 0 aliphatic heterocycles. The summed E-state index contributed by atoms with van der Waals surface area (Å²) in [6, 6.07) is 7.76. The number of carbonyl (C=O) groups excluding carboxylic acids is 1. The molecule has 0 unspecified atom stereocenters. The monoisotopic (exact) mass is 201 g/mol. The first-order chi connectivity index (χ1) is 5.70. The molecule has 70 valence electrons. The maximum Gasteiger partial charge on any atom is 0.334 e. The minimum atomic E-state index is -1.13. The van der Waals surface area contributed by atoms with Crippen LogP contribution in [0.3, 0.4) is 0 Å². The molecule has 13 heavy (non-hydrogen) atoms. The van der Waals surface area contributed by atoms with Crippen LogP contribution < -0.4 is 0 Å². The third-order valence-electron chi connectivity index (χ3n) is 1.17. The average Bonchev–Trinajstić information content (AvgIpc) is 2.05. The van der Waals surface area contributed by atoms with Crippen molar-refractivity contribution in [2.45, 2.75) is 0 Å². The smallest absolute Gasteiger partial charge is 0.263 e. The van der Waals surface area contributed by atoms with Gasteiger partial charge in [0.25, 0.3) is 0 Å². The van der Waals surface area contributed by atoms with Crippen LogP contribution in [0.2, 0.25) is 0 Å². The Labute approximate surface area is 80.9 Å². The van der Waals surface area contributed by atoms with Crippen molar-refractivity contribution < 1.29 is 14.7 Å². The Bertz CT molecular complexity index is 301. The molecule has 0 radical (unpaired) electrons. The van der Waals surface area contributed by atoms with E-state index >= 15 is 0 Å². The van der Waals surface area contributed by atoms with E-state index in [0.717, 1.165) is 0 Å². The molecule has 0 aliphatic carbocycles. The van der Waals surface area contributed by atoms with E-state index in [-0.39, 0.29) is 19.1 Å². The van der Waals surface area contributed by atoms with E-state index in [1.54, 1.807) is 18.2 Å². The molecule has 0 saturated heterocycles. The van der Waals surface area contributed by atoms with Crippen molar-refractivity contribution in [3.8, 4) is 0 Å². The molecule has 1 aromatic carbocycles. The summed E-state index contributed by atoms with van der Waals surface area (Å²) in [5, 5.41) is 8.62. The SMILES string of the molecule is O=C(O[N+](=O)[O-])c1ccccc1.S. The van der Waals surface area contributed by atoms with Crippen molar-refractivity contribution >= 4 is 19.5 Å². The van der Waals surface area contributed by atoms with Crippen LogP contribution >= 0.6 is 13.5 Å². The normalized spacial score (nSPS) is 8.31. The van der Waals surface area contributed by atoms with E-state index in [9.17, 15) is 14.9 Å². The molecule has 0 heterocycles. The lowest BCUT2D eigenvalue weighted by Gasteiger charge is -1.95. The second-order valence-corrected chi connectivity index (χ2v) is 1.97. The van der Waals surface area contributed by atoms with Crippen LogP contribution in [0.25, 0.3) is 0 Å². The van der Waals surface area contributed by atoms with Crippen LogP contribution in [-0.4, -0.2) is 11.1 Å². The van der Waals surface area contributed by atoms with Gasteiger partial charge < -0.3 is 0 Å². The lowest BCUT2D eigenvalue weighted by Crippen LogP contribution is -2.09. The van der Waals surface area contributed by atoms with Crippen LogP contribution in [0.1, 0.15) is 10.4 Å². The van der Waals surface area contributed by atoms with Gasteiger partial charge in [-0.15, -0.1) is 10.1 Å². The molecule has 5 nitrogen and oxygen atoms in total. The molecule has 0 spiro atoms. The van der Waals surface area contributed by atoms with Gasteiger partial charge in [0.05, 0.1) is 0 Å². The second kappa shape index (κ2) is 5.15. The van der Waals surface area contributed by atoms with Gasteiger partial charge in [0, 0.05) is 5.56 Å². The highest BCUT2D eigenvalue weighted by Gasteiger charge is 2.08. The maximum absolute atomic E-state index is 10.8. The molecule has 0 bridgehead atoms. The fraction of sp³-hybridized carbons (Fsp3) is 0. The number of benzene rings is 1. The predicted octanol–water partition coefficient (Wildman–Crippen LogP) is 1.15. The topological polar surface area (TPSA) is 69.4 Å². The zero-order valence-electron chi connectivity index (χ0n) is 6.47. The molecule has 0 amide bonds. The fourth-order valence-electron chi connectivity index (χ4n) is 0.695. The Morgan fingerprint density at radius 2 is 1.85 bits per heavy atom. The molecular weight excluding hydrogens is 194 g/mol. The van der Waals surface area contributed by atoms with Crippen LogP contribution in [0.15, 0.2) is 30.3 Å². The van der Waals surface area contributed by atoms with Crippen LogP contribution in [0.5, 0.6) is 0 Å². The molecule has 0 N–H and O–H groups in total. The van der Waals surface area contributed by atoms with Gasteiger partial charge in [-0.2, -0.15) is 13.5 Å². The molecule has 0 saturated carbocycles. The largest absolute Gasteiger partial charge is 0.334 e. The van der Waals surface area contributed by atoms with Crippen molar-refractivity contribution in [3.05, 3.63) is 46.0 Å². The Kier molecular flexibility index (Phi) is 4.53. The Hall–Kier alpha value is -1.56. The summed E-state index contributed by atoms with van der Waals surface area (Å²) in [5.74, 6) is -0.958. The van der Waals surface area contributed by atoms with E-state index in [4.69, 9.17) is 0 Å². The van der Waals surface area contributed by atoms with Gasteiger partial charge in [0.1, 0.15) is 0 Å². The van der Waals surface area contributed by atoms with Crippen LogP contribution in [-0.2, 0) is 4.84 Å². The summed E-state index contributed by atoms with van der Waals surface area (Å²) in [4.78, 5) is 24.3. The van der Waals surface area contributed by atoms with Gasteiger partial charge in [-0.25, -0.2) is 4.84 Å². The number of rotatable bonds is 2. The first-order valence-corrected chi connectivity index (χ1v) is 3.12. The summed E-state index contributed by atoms with van der Waals surface area (Å²) in [7, 11) is 0. The van der Waals surface area contributed by atoms with Gasteiger partial charge >= 0.3 is 11.1 Å². The van der Waals surface area contributed by atoms with Crippen molar-refractivity contribution in [1.29, 1.82) is 0 Å². The van der Waals surface area contributed by atoms with E-state index in [1.165, 1.54) is 12.1 Å². The quantitative estimate of drug-likeness (QED) is 0.531. The molecule has 0 aliphatic rings. The minimum Gasteiger partial charge on any atom is -0.263 e. The van der Waals surface area contributed by atoms with Gasteiger partial charge in [-0.3, -0.25) is 4.79 Å². The van der Waals surface area contributed by atoms with Gasteiger partial charge in [-0.05, 0) is 12.1 Å². The highest BCUT2D eigenvalue weighted by atomic mass is 32.1. The molecule has 0 fully saturated rings. The molecule has 1 rings (SSSR count). The van der Waals surface area contributed by atoms with Crippen molar-refractivity contribution in [3.63, 3.8) is 0 Å². The highest BCUT2D eigenvalue weighted by Crippen LogP contribution is 2.00. The fourth-order valence-corrected chi connectivity index (χ4v) is 0.695. The number of carbonyl (C=O) groups is 1. The number of hydrogen-bond acceptors (Lipinski definition) is 4.